The Morgan fingerprint density at radius 2 is 2.06 bits per heavy atom. The third-order valence-corrected chi connectivity index (χ3v) is 3.85. The summed E-state index contributed by atoms with van der Waals surface area (Å²) in [5, 5.41) is 3.64. The van der Waals surface area contributed by atoms with Crippen LogP contribution >= 0.6 is 15.9 Å². The van der Waals surface area contributed by atoms with Gasteiger partial charge in [-0.2, -0.15) is 0 Å². The van der Waals surface area contributed by atoms with E-state index < -0.39 is 0 Å². The van der Waals surface area contributed by atoms with E-state index >= 15 is 0 Å². The first-order valence-electron chi connectivity index (χ1n) is 6.70. The van der Waals surface area contributed by atoms with Crippen molar-refractivity contribution < 1.29 is 4.74 Å². The van der Waals surface area contributed by atoms with Gasteiger partial charge in [-0.3, -0.25) is 0 Å². The van der Waals surface area contributed by atoms with Crippen LogP contribution in [0.1, 0.15) is 45.2 Å². The third kappa shape index (κ3) is 3.99. The van der Waals surface area contributed by atoms with Crippen LogP contribution in [0.3, 0.4) is 0 Å². The lowest BCUT2D eigenvalue weighted by molar-refractivity contribution is 0.351. The Balaban J connectivity index is 3.03. The maximum Gasteiger partial charge on any atom is 0.124 e. The molecule has 0 heterocycles. The van der Waals surface area contributed by atoms with E-state index in [0.29, 0.717) is 12.0 Å². The third-order valence-electron chi connectivity index (χ3n) is 3.36. The zero-order valence-electron chi connectivity index (χ0n) is 11.8. The molecule has 0 aliphatic heterocycles. The maximum absolute atomic E-state index is 5.51. The molecule has 0 aliphatic carbocycles. The molecule has 0 bridgehead atoms. The highest BCUT2D eigenvalue weighted by molar-refractivity contribution is 9.10. The first-order valence-corrected chi connectivity index (χ1v) is 7.50. The largest absolute Gasteiger partial charge is 0.496 e. The highest BCUT2D eigenvalue weighted by atomic mass is 79.9. The van der Waals surface area contributed by atoms with Gasteiger partial charge in [0, 0.05) is 16.1 Å². The van der Waals surface area contributed by atoms with E-state index in [1.165, 1.54) is 5.56 Å². The molecule has 2 atom stereocenters. The SMILES string of the molecule is CCCNC(c1ccc(Br)cc1OC)C(C)CC. The summed E-state index contributed by atoms with van der Waals surface area (Å²) in [6, 6.07) is 6.64. The quantitative estimate of drug-likeness (QED) is 0.797. The van der Waals surface area contributed by atoms with Gasteiger partial charge < -0.3 is 10.1 Å². The van der Waals surface area contributed by atoms with Gasteiger partial charge in [0.15, 0.2) is 0 Å². The highest BCUT2D eigenvalue weighted by Crippen LogP contribution is 2.33. The van der Waals surface area contributed by atoms with E-state index in [2.05, 4.69) is 54.2 Å². The molecule has 1 aromatic carbocycles. The van der Waals surface area contributed by atoms with E-state index in [0.717, 1.165) is 29.6 Å². The number of benzene rings is 1. The van der Waals surface area contributed by atoms with Gasteiger partial charge in [0.25, 0.3) is 0 Å². The zero-order valence-corrected chi connectivity index (χ0v) is 13.4. The van der Waals surface area contributed by atoms with Gasteiger partial charge in [0.2, 0.25) is 0 Å². The lowest BCUT2D eigenvalue weighted by atomic mass is 9.91. The molecule has 0 aromatic heterocycles. The van der Waals surface area contributed by atoms with Gasteiger partial charge in [-0.05, 0) is 31.0 Å². The van der Waals surface area contributed by atoms with Crippen molar-refractivity contribution in [2.45, 2.75) is 39.7 Å². The van der Waals surface area contributed by atoms with Crippen molar-refractivity contribution in [2.24, 2.45) is 5.92 Å². The van der Waals surface area contributed by atoms with Gasteiger partial charge in [0.1, 0.15) is 5.75 Å². The molecule has 0 spiro atoms. The Morgan fingerprint density at radius 1 is 1.33 bits per heavy atom. The Bertz CT molecular complexity index is 368. The number of nitrogens with one attached hydrogen (secondary N) is 1. The van der Waals surface area contributed by atoms with Crippen LogP contribution in [0.2, 0.25) is 0 Å². The van der Waals surface area contributed by atoms with Crippen LogP contribution in [0.15, 0.2) is 22.7 Å². The molecule has 2 nitrogen and oxygen atoms in total. The standard InChI is InChI=1S/C15H24BrNO/c1-5-9-17-15(11(3)6-2)13-8-7-12(16)10-14(13)18-4/h7-8,10-11,15,17H,5-6,9H2,1-4H3. The van der Waals surface area contributed by atoms with Crippen LogP contribution in [-0.4, -0.2) is 13.7 Å². The lowest BCUT2D eigenvalue weighted by Gasteiger charge is -2.26. The molecule has 1 aromatic rings. The Morgan fingerprint density at radius 3 is 2.61 bits per heavy atom. The fourth-order valence-electron chi connectivity index (χ4n) is 2.10. The number of hydrogen-bond acceptors (Lipinski definition) is 2. The monoisotopic (exact) mass is 313 g/mol. The van der Waals surface area contributed by atoms with Crippen LogP contribution in [0.25, 0.3) is 0 Å². The molecular formula is C15H24BrNO. The number of halogens is 1. The summed E-state index contributed by atoms with van der Waals surface area (Å²) in [6.45, 7) is 7.75. The molecule has 3 heteroatoms. The second-order valence-electron chi connectivity index (χ2n) is 4.70. The summed E-state index contributed by atoms with van der Waals surface area (Å²) in [7, 11) is 1.73. The second kappa shape index (κ2) is 7.80. The number of hydrogen-bond donors (Lipinski definition) is 1. The van der Waals surface area contributed by atoms with Gasteiger partial charge in [0.05, 0.1) is 7.11 Å². The Hall–Kier alpha value is -0.540. The average molecular weight is 314 g/mol. The van der Waals surface area contributed by atoms with Gasteiger partial charge in [-0.15, -0.1) is 0 Å². The number of methoxy groups -OCH3 is 1. The molecule has 0 amide bonds. The highest BCUT2D eigenvalue weighted by Gasteiger charge is 2.20. The van der Waals surface area contributed by atoms with E-state index in [1.807, 2.05) is 6.07 Å². The number of rotatable bonds is 7. The summed E-state index contributed by atoms with van der Waals surface area (Å²) in [5.74, 6) is 1.55. The maximum atomic E-state index is 5.51. The minimum atomic E-state index is 0.359. The molecule has 0 saturated heterocycles. The van der Waals surface area contributed by atoms with Crippen LogP contribution in [0.5, 0.6) is 5.75 Å². The average Bonchev–Trinajstić information content (AvgIpc) is 2.39. The fraction of sp³-hybridized carbons (Fsp3) is 0.600. The predicted octanol–water partition coefficient (Wildman–Crippen LogP) is 4.54. The predicted molar refractivity (Wildman–Crippen MR) is 81.2 cm³/mol. The van der Waals surface area contributed by atoms with E-state index in [-0.39, 0.29) is 0 Å². The van der Waals surface area contributed by atoms with Crippen LogP contribution in [-0.2, 0) is 0 Å². The zero-order chi connectivity index (χ0) is 13.5. The van der Waals surface area contributed by atoms with Gasteiger partial charge >= 0.3 is 0 Å². The molecule has 0 saturated carbocycles. The van der Waals surface area contributed by atoms with Crippen molar-refractivity contribution in [3.8, 4) is 5.75 Å². The molecular weight excluding hydrogens is 290 g/mol. The summed E-state index contributed by atoms with van der Waals surface area (Å²) >= 11 is 3.49. The minimum absolute atomic E-state index is 0.359. The van der Waals surface area contributed by atoms with Crippen molar-refractivity contribution in [2.75, 3.05) is 13.7 Å². The molecule has 0 fully saturated rings. The van der Waals surface area contributed by atoms with Crippen molar-refractivity contribution in [3.63, 3.8) is 0 Å². The summed E-state index contributed by atoms with van der Waals surface area (Å²) in [6.07, 6.45) is 2.30. The topological polar surface area (TPSA) is 21.3 Å². The fourth-order valence-corrected chi connectivity index (χ4v) is 2.44. The normalized spacial score (nSPS) is 14.3. The van der Waals surface area contributed by atoms with E-state index in [1.54, 1.807) is 7.11 Å². The van der Waals surface area contributed by atoms with E-state index in [4.69, 9.17) is 4.74 Å². The minimum Gasteiger partial charge on any atom is -0.496 e. The molecule has 102 valence electrons. The summed E-state index contributed by atoms with van der Waals surface area (Å²) in [4.78, 5) is 0. The molecule has 0 aliphatic rings. The van der Waals surface area contributed by atoms with Crippen LogP contribution in [0, 0.1) is 5.92 Å². The molecule has 1 rings (SSSR count). The second-order valence-corrected chi connectivity index (χ2v) is 5.62. The molecule has 2 unspecified atom stereocenters. The molecule has 1 N–H and O–H groups in total. The van der Waals surface area contributed by atoms with Gasteiger partial charge in [-0.25, -0.2) is 0 Å². The first kappa shape index (κ1) is 15.5. The van der Waals surface area contributed by atoms with Crippen molar-refractivity contribution in [1.82, 2.24) is 5.32 Å². The molecule has 0 radical (unpaired) electrons. The summed E-state index contributed by atoms with van der Waals surface area (Å²) < 4.78 is 6.57. The van der Waals surface area contributed by atoms with Crippen molar-refractivity contribution in [3.05, 3.63) is 28.2 Å². The van der Waals surface area contributed by atoms with Gasteiger partial charge in [-0.1, -0.05) is 49.2 Å². The first-order chi connectivity index (χ1) is 8.63. The smallest absolute Gasteiger partial charge is 0.124 e. The van der Waals surface area contributed by atoms with Crippen LogP contribution < -0.4 is 10.1 Å². The van der Waals surface area contributed by atoms with Crippen molar-refractivity contribution >= 4 is 15.9 Å². The summed E-state index contributed by atoms with van der Waals surface area (Å²) in [5.41, 5.74) is 1.25. The lowest BCUT2D eigenvalue weighted by Crippen LogP contribution is -2.27. The number of ether oxygens (including phenoxy) is 1. The van der Waals surface area contributed by atoms with Crippen LogP contribution in [0.4, 0.5) is 0 Å². The Kier molecular flexibility index (Phi) is 6.72. The Labute approximate surface area is 119 Å². The molecule has 18 heavy (non-hydrogen) atoms. The van der Waals surface area contributed by atoms with Crippen molar-refractivity contribution in [1.29, 1.82) is 0 Å². The van der Waals surface area contributed by atoms with E-state index in [9.17, 15) is 0 Å².